The molecule has 23 heavy (non-hydrogen) atoms. The number of halogens is 1. The Hall–Kier alpha value is -1.73. The van der Waals surface area contributed by atoms with Crippen LogP contribution in [0.15, 0.2) is 34.2 Å². The highest BCUT2D eigenvalue weighted by Crippen LogP contribution is 2.36. The van der Waals surface area contributed by atoms with Crippen molar-refractivity contribution < 1.29 is 4.79 Å². The van der Waals surface area contributed by atoms with Gasteiger partial charge in [-0.15, -0.1) is 5.10 Å². The molecule has 0 unspecified atom stereocenters. The lowest BCUT2D eigenvalue weighted by atomic mass is 10.2. The minimum Gasteiger partial charge on any atom is -0.351 e. The van der Waals surface area contributed by atoms with Crippen molar-refractivity contribution in [3.05, 3.63) is 45.3 Å². The van der Waals surface area contributed by atoms with Crippen molar-refractivity contribution in [3.63, 3.8) is 0 Å². The van der Waals surface area contributed by atoms with E-state index in [1.165, 1.54) is 11.8 Å². The summed E-state index contributed by atoms with van der Waals surface area (Å²) in [6.45, 7) is 2.17. The van der Waals surface area contributed by atoms with Crippen molar-refractivity contribution in [2.75, 3.05) is 0 Å². The Labute approximate surface area is 142 Å². The van der Waals surface area contributed by atoms with Crippen molar-refractivity contribution >= 4 is 29.3 Å². The van der Waals surface area contributed by atoms with Crippen LogP contribution in [0, 0.1) is 0 Å². The van der Waals surface area contributed by atoms with E-state index in [1.807, 2.05) is 18.2 Å². The van der Waals surface area contributed by atoms with E-state index in [0.29, 0.717) is 16.7 Å². The summed E-state index contributed by atoms with van der Waals surface area (Å²) in [6.07, 6.45) is 1.97. The quantitative estimate of drug-likeness (QED) is 0.782. The third kappa shape index (κ3) is 3.79. The monoisotopic (exact) mass is 352 g/mol. The number of carbonyl (C=O) groups is 1. The summed E-state index contributed by atoms with van der Waals surface area (Å²) in [5.41, 5.74) is 0.660. The predicted octanol–water partition coefficient (Wildman–Crippen LogP) is 2.36. The first-order chi connectivity index (χ1) is 11.1. The Bertz CT molecular complexity index is 769. The van der Waals surface area contributed by atoms with Crippen LogP contribution in [-0.2, 0) is 11.3 Å². The van der Waals surface area contributed by atoms with Crippen LogP contribution in [0.4, 0.5) is 0 Å². The standard InChI is InChI=1S/C15H17ClN4O2S/c1-9(13(21)17-8-10-4-2-3-5-12(10)16)23-15-19-18-14(22)20(15)11-6-7-11/h2-5,9,11H,6-8H2,1H3,(H,17,21)(H,18,22)/t9-/m1/s1. The lowest BCUT2D eigenvalue weighted by Crippen LogP contribution is -2.31. The molecule has 8 heteroatoms. The summed E-state index contributed by atoms with van der Waals surface area (Å²) in [7, 11) is 0. The number of nitrogens with zero attached hydrogens (tertiary/aromatic N) is 2. The van der Waals surface area contributed by atoms with Crippen molar-refractivity contribution in [2.45, 2.75) is 42.8 Å². The number of aromatic nitrogens is 3. The normalized spacial score (nSPS) is 15.4. The van der Waals surface area contributed by atoms with Gasteiger partial charge in [0.05, 0.1) is 5.25 Å². The third-order valence-electron chi connectivity index (χ3n) is 3.65. The number of H-pyrrole nitrogens is 1. The minimum absolute atomic E-state index is 0.118. The summed E-state index contributed by atoms with van der Waals surface area (Å²) >= 11 is 7.36. The fraction of sp³-hybridized carbons (Fsp3) is 0.400. The Balaban J connectivity index is 1.60. The Kier molecular flexibility index (Phi) is 4.77. The van der Waals surface area contributed by atoms with Gasteiger partial charge in [-0.2, -0.15) is 0 Å². The van der Waals surface area contributed by atoms with Gasteiger partial charge in [0.1, 0.15) is 0 Å². The second-order valence-electron chi connectivity index (χ2n) is 5.48. The van der Waals surface area contributed by atoms with Crippen LogP contribution in [0.1, 0.15) is 31.4 Å². The van der Waals surface area contributed by atoms with E-state index < -0.39 is 0 Å². The molecule has 1 heterocycles. The fourth-order valence-electron chi connectivity index (χ4n) is 2.21. The van der Waals surface area contributed by atoms with E-state index in [9.17, 15) is 9.59 Å². The Morgan fingerprint density at radius 1 is 1.52 bits per heavy atom. The molecule has 3 rings (SSSR count). The Morgan fingerprint density at radius 2 is 2.26 bits per heavy atom. The minimum atomic E-state index is -0.356. The van der Waals surface area contributed by atoms with E-state index in [-0.39, 0.29) is 22.9 Å². The summed E-state index contributed by atoms with van der Waals surface area (Å²) in [6, 6.07) is 7.62. The van der Waals surface area contributed by atoms with Crippen LogP contribution in [0.5, 0.6) is 0 Å². The second kappa shape index (κ2) is 6.80. The average molecular weight is 353 g/mol. The molecule has 1 aromatic heterocycles. The van der Waals surface area contributed by atoms with Gasteiger partial charge >= 0.3 is 5.69 Å². The second-order valence-corrected chi connectivity index (χ2v) is 7.20. The lowest BCUT2D eigenvalue weighted by Gasteiger charge is -2.12. The average Bonchev–Trinajstić information content (AvgIpc) is 3.30. The molecule has 1 fully saturated rings. The van der Waals surface area contributed by atoms with Gasteiger partial charge in [-0.05, 0) is 31.4 Å². The largest absolute Gasteiger partial charge is 0.351 e. The number of nitrogens with one attached hydrogen (secondary N) is 2. The lowest BCUT2D eigenvalue weighted by molar-refractivity contribution is -0.120. The number of benzene rings is 1. The van der Waals surface area contributed by atoms with Gasteiger partial charge in [0.2, 0.25) is 5.91 Å². The molecule has 2 N–H and O–H groups in total. The summed E-state index contributed by atoms with van der Waals surface area (Å²) < 4.78 is 1.64. The SMILES string of the molecule is C[C@@H](Sc1n[nH]c(=O)n1C1CC1)C(=O)NCc1ccccc1Cl. The van der Waals surface area contributed by atoms with E-state index in [2.05, 4.69) is 15.5 Å². The van der Waals surface area contributed by atoms with Gasteiger partial charge in [-0.1, -0.05) is 41.6 Å². The zero-order valence-electron chi connectivity index (χ0n) is 12.6. The number of hydrogen-bond donors (Lipinski definition) is 2. The highest BCUT2D eigenvalue weighted by molar-refractivity contribution is 8.00. The maximum absolute atomic E-state index is 12.2. The van der Waals surface area contributed by atoms with Crippen molar-refractivity contribution in [1.29, 1.82) is 0 Å². The van der Waals surface area contributed by atoms with Gasteiger partial charge < -0.3 is 5.32 Å². The number of thioether (sulfide) groups is 1. The molecule has 6 nitrogen and oxygen atoms in total. The highest BCUT2D eigenvalue weighted by Gasteiger charge is 2.30. The maximum atomic E-state index is 12.2. The summed E-state index contributed by atoms with van der Waals surface area (Å²) in [5.74, 6) is -0.118. The molecule has 0 radical (unpaired) electrons. The topological polar surface area (TPSA) is 79.8 Å². The van der Waals surface area contributed by atoms with Crippen LogP contribution < -0.4 is 11.0 Å². The highest BCUT2D eigenvalue weighted by atomic mass is 35.5. The van der Waals surface area contributed by atoms with E-state index in [1.54, 1.807) is 17.6 Å². The van der Waals surface area contributed by atoms with Crippen LogP contribution >= 0.6 is 23.4 Å². The number of aromatic amines is 1. The zero-order chi connectivity index (χ0) is 16.4. The maximum Gasteiger partial charge on any atom is 0.344 e. The molecule has 0 bridgehead atoms. The van der Waals surface area contributed by atoms with Crippen molar-refractivity contribution in [3.8, 4) is 0 Å². The van der Waals surface area contributed by atoms with E-state index in [4.69, 9.17) is 11.6 Å². The first kappa shape index (κ1) is 16.1. The number of hydrogen-bond acceptors (Lipinski definition) is 4. The first-order valence-electron chi connectivity index (χ1n) is 7.41. The van der Waals surface area contributed by atoms with Gasteiger partial charge in [0.25, 0.3) is 0 Å². The molecule has 1 atom stereocenters. The van der Waals surface area contributed by atoms with E-state index in [0.717, 1.165) is 18.4 Å². The van der Waals surface area contributed by atoms with Gasteiger partial charge in [0.15, 0.2) is 5.16 Å². The molecule has 1 amide bonds. The molecule has 122 valence electrons. The molecule has 1 aromatic carbocycles. The van der Waals surface area contributed by atoms with Crippen molar-refractivity contribution in [2.24, 2.45) is 0 Å². The Morgan fingerprint density at radius 3 is 2.96 bits per heavy atom. The molecule has 0 spiro atoms. The number of rotatable bonds is 6. The molecular formula is C15H17ClN4O2S. The zero-order valence-corrected chi connectivity index (χ0v) is 14.2. The molecule has 1 aliphatic carbocycles. The number of amides is 1. The molecule has 2 aromatic rings. The summed E-state index contributed by atoms with van der Waals surface area (Å²) in [5, 5.41) is 10.2. The van der Waals surface area contributed by atoms with Gasteiger partial charge in [-0.3, -0.25) is 9.36 Å². The first-order valence-corrected chi connectivity index (χ1v) is 8.66. The van der Waals surface area contributed by atoms with Crippen LogP contribution in [0.2, 0.25) is 5.02 Å². The third-order valence-corrected chi connectivity index (χ3v) is 5.08. The smallest absolute Gasteiger partial charge is 0.344 e. The van der Waals surface area contributed by atoms with Gasteiger partial charge in [-0.25, -0.2) is 9.89 Å². The van der Waals surface area contributed by atoms with E-state index >= 15 is 0 Å². The molecule has 0 aliphatic heterocycles. The van der Waals surface area contributed by atoms with Gasteiger partial charge in [0, 0.05) is 17.6 Å². The predicted molar refractivity (Wildman–Crippen MR) is 89.7 cm³/mol. The molecular weight excluding hydrogens is 336 g/mol. The molecule has 1 aliphatic rings. The molecule has 1 saturated carbocycles. The summed E-state index contributed by atoms with van der Waals surface area (Å²) in [4.78, 5) is 24.0. The van der Waals surface area contributed by atoms with Crippen molar-refractivity contribution in [1.82, 2.24) is 20.1 Å². The fourth-order valence-corrected chi connectivity index (χ4v) is 3.36. The molecule has 0 saturated heterocycles. The number of carbonyl (C=O) groups excluding carboxylic acids is 1. The van der Waals surface area contributed by atoms with Crippen LogP contribution in [-0.4, -0.2) is 25.9 Å². The van der Waals surface area contributed by atoms with Crippen LogP contribution in [0.3, 0.4) is 0 Å². The van der Waals surface area contributed by atoms with Crippen LogP contribution in [0.25, 0.3) is 0 Å².